The van der Waals surface area contributed by atoms with Gasteiger partial charge in [0.05, 0.1) is 10.9 Å². The standard InChI is InChI=1S/C31H39N3O3S2/c1-21-18-23(3)31(24(4)19-21)39(36,37)34-16-15-33(20-25(34)5)29(35)11-14-32-13-10-28-27(12-17-38-28)30(32)26-9-7-6-8-22(26)2/h6-9,12,17-19,25,30H,10-11,13-16,20H2,1-5H3/t25-,30-/m1/s1. The number of amides is 1. The molecule has 5 rings (SSSR count). The third-order valence-electron chi connectivity index (χ3n) is 8.25. The van der Waals surface area contributed by atoms with E-state index in [0.717, 1.165) is 29.7 Å². The van der Waals surface area contributed by atoms with Gasteiger partial charge in [0, 0.05) is 50.1 Å². The van der Waals surface area contributed by atoms with Crippen molar-refractivity contribution < 1.29 is 13.2 Å². The van der Waals surface area contributed by atoms with Gasteiger partial charge in [-0.3, -0.25) is 9.69 Å². The first-order chi connectivity index (χ1) is 18.6. The lowest BCUT2D eigenvalue weighted by Crippen LogP contribution is -2.55. The van der Waals surface area contributed by atoms with Crippen LogP contribution in [0.15, 0.2) is 52.7 Å². The zero-order valence-electron chi connectivity index (χ0n) is 23.6. The number of rotatable bonds is 6. The van der Waals surface area contributed by atoms with Crippen molar-refractivity contribution in [1.29, 1.82) is 0 Å². The predicted molar refractivity (Wildman–Crippen MR) is 158 cm³/mol. The molecule has 0 radical (unpaired) electrons. The Labute approximate surface area is 237 Å². The van der Waals surface area contributed by atoms with E-state index in [0.29, 0.717) is 37.5 Å². The first-order valence-electron chi connectivity index (χ1n) is 13.8. The molecule has 1 aromatic heterocycles. The van der Waals surface area contributed by atoms with E-state index >= 15 is 0 Å². The summed E-state index contributed by atoms with van der Waals surface area (Å²) in [5, 5.41) is 2.18. The molecule has 6 nitrogen and oxygen atoms in total. The predicted octanol–water partition coefficient (Wildman–Crippen LogP) is 5.24. The van der Waals surface area contributed by atoms with Crippen LogP contribution in [0.3, 0.4) is 0 Å². The monoisotopic (exact) mass is 565 g/mol. The van der Waals surface area contributed by atoms with Crippen LogP contribution >= 0.6 is 11.3 Å². The lowest BCUT2D eigenvalue weighted by Gasteiger charge is -2.40. The van der Waals surface area contributed by atoms with E-state index in [1.807, 2.05) is 56.1 Å². The quantitative estimate of drug-likeness (QED) is 0.410. The Balaban J connectivity index is 1.26. The van der Waals surface area contributed by atoms with E-state index in [2.05, 4.69) is 47.5 Å². The van der Waals surface area contributed by atoms with Crippen LogP contribution in [-0.4, -0.2) is 67.2 Å². The number of carbonyl (C=O) groups is 1. The molecule has 0 spiro atoms. The van der Waals surface area contributed by atoms with Crippen molar-refractivity contribution in [2.75, 3.05) is 32.7 Å². The smallest absolute Gasteiger partial charge is 0.243 e. The number of carbonyl (C=O) groups excluding carboxylic acids is 1. The molecule has 3 heterocycles. The molecular weight excluding hydrogens is 526 g/mol. The van der Waals surface area contributed by atoms with Crippen LogP contribution in [0.25, 0.3) is 0 Å². The number of nitrogens with zero attached hydrogens (tertiary/aromatic N) is 3. The fraction of sp³-hybridized carbons (Fsp3) is 0.452. The van der Waals surface area contributed by atoms with Crippen LogP contribution in [0.4, 0.5) is 0 Å². The van der Waals surface area contributed by atoms with E-state index < -0.39 is 10.0 Å². The zero-order valence-corrected chi connectivity index (χ0v) is 25.2. The molecule has 0 unspecified atom stereocenters. The molecule has 2 aromatic carbocycles. The highest BCUT2D eigenvalue weighted by molar-refractivity contribution is 7.89. The summed E-state index contributed by atoms with van der Waals surface area (Å²) >= 11 is 1.83. The van der Waals surface area contributed by atoms with Crippen molar-refractivity contribution >= 4 is 27.3 Å². The maximum absolute atomic E-state index is 13.7. The third-order valence-corrected chi connectivity index (χ3v) is 11.6. The summed E-state index contributed by atoms with van der Waals surface area (Å²) in [5.41, 5.74) is 6.54. The number of thiophene rings is 1. The van der Waals surface area contributed by atoms with Gasteiger partial charge in [-0.15, -0.1) is 11.3 Å². The van der Waals surface area contributed by atoms with Crippen LogP contribution < -0.4 is 0 Å². The molecule has 3 aromatic rings. The van der Waals surface area contributed by atoms with Gasteiger partial charge in [-0.2, -0.15) is 4.31 Å². The molecule has 0 aliphatic carbocycles. The molecule has 1 fully saturated rings. The van der Waals surface area contributed by atoms with Gasteiger partial charge >= 0.3 is 0 Å². The molecule has 2 aliphatic heterocycles. The van der Waals surface area contributed by atoms with Gasteiger partial charge in [0.25, 0.3) is 0 Å². The second-order valence-corrected chi connectivity index (χ2v) is 14.0. The van der Waals surface area contributed by atoms with Crippen LogP contribution in [0.1, 0.15) is 57.6 Å². The Morgan fingerprint density at radius 3 is 2.36 bits per heavy atom. The van der Waals surface area contributed by atoms with Crippen molar-refractivity contribution in [3.8, 4) is 0 Å². The number of hydrogen-bond acceptors (Lipinski definition) is 5. The number of sulfonamides is 1. The molecule has 2 atom stereocenters. The highest BCUT2D eigenvalue weighted by atomic mass is 32.2. The van der Waals surface area contributed by atoms with Gasteiger partial charge < -0.3 is 4.90 Å². The minimum absolute atomic E-state index is 0.0984. The summed E-state index contributed by atoms with van der Waals surface area (Å²) in [7, 11) is -3.64. The summed E-state index contributed by atoms with van der Waals surface area (Å²) in [5.74, 6) is 0.0984. The van der Waals surface area contributed by atoms with Gasteiger partial charge in [-0.1, -0.05) is 42.0 Å². The first kappa shape index (κ1) is 28.0. The third kappa shape index (κ3) is 5.44. The molecule has 39 heavy (non-hydrogen) atoms. The van der Waals surface area contributed by atoms with Crippen LogP contribution in [0, 0.1) is 27.7 Å². The molecular formula is C31H39N3O3S2. The van der Waals surface area contributed by atoms with Crippen molar-refractivity contribution in [3.63, 3.8) is 0 Å². The highest BCUT2D eigenvalue weighted by Gasteiger charge is 2.37. The second kappa shape index (κ2) is 11.2. The lowest BCUT2D eigenvalue weighted by atomic mass is 9.90. The topological polar surface area (TPSA) is 60.9 Å². The minimum atomic E-state index is -3.64. The number of hydrogen-bond donors (Lipinski definition) is 0. The average molecular weight is 566 g/mol. The van der Waals surface area contributed by atoms with Crippen LogP contribution in [-0.2, 0) is 21.2 Å². The van der Waals surface area contributed by atoms with E-state index in [4.69, 9.17) is 0 Å². The molecule has 0 bridgehead atoms. The van der Waals surface area contributed by atoms with Gasteiger partial charge in [-0.25, -0.2) is 8.42 Å². The molecule has 2 aliphatic rings. The summed E-state index contributed by atoms with van der Waals surface area (Å²) < 4.78 is 28.9. The SMILES string of the molecule is Cc1cc(C)c(S(=O)(=O)N2CCN(C(=O)CCN3CCc4sccc4[C@H]3c3ccccc3C)C[C@H]2C)c(C)c1. The van der Waals surface area contributed by atoms with Gasteiger partial charge in [0.2, 0.25) is 15.9 Å². The number of fused-ring (bicyclic) bond motifs is 1. The molecule has 1 saturated heterocycles. The van der Waals surface area contributed by atoms with Gasteiger partial charge in [-0.05, 0) is 80.3 Å². The van der Waals surface area contributed by atoms with E-state index in [9.17, 15) is 13.2 Å². The van der Waals surface area contributed by atoms with Gasteiger partial charge in [0.1, 0.15) is 0 Å². The van der Waals surface area contributed by atoms with E-state index in [1.54, 1.807) is 4.31 Å². The molecule has 8 heteroatoms. The Bertz CT molecular complexity index is 1460. The van der Waals surface area contributed by atoms with Crippen molar-refractivity contribution in [1.82, 2.24) is 14.1 Å². The summed E-state index contributed by atoms with van der Waals surface area (Å²) in [6, 6.07) is 14.5. The maximum atomic E-state index is 13.7. The average Bonchev–Trinajstić information content (AvgIpc) is 3.35. The van der Waals surface area contributed by atoms with Crippen LogP contribution in [0.5, 0.6) is 0 Å². The second-order valence-electron chi connectivity index (χ2n) is 11.1. The minimum Gasteiger partial charge on any atom is -0.340 e. The van der Waals surface area contributed by atoms with E-state index in [-0.39, 0.29) is 18.0 Å². The Morgan fingerprint density at radius 1 is 0.949 bits per heavy atom. The highest BCUT2D eigenvalue weighted by Crippen LogP contribution is 2.39. The molecule has 208 valence electrons. The fourth-order valence-electron chi connectivity index (χ4n) is 6.48. The summed E-state index contributed by atoms with van der Waals surface area (Å²) in [4.78, 5) is 19.5. The Kier molecular flexibility index (Phi) is 8.02. The number of benzene rings is 2. The van der Waals surface area contributed by atoms with Crippen molar-refractivity contribution in [2.24, 2.45) is 0 Å². The number of piperazine rings is 1. The largest absolute Gasteiger partial charge is 0.340 e. The molecule has 0 saturated carbocycles. The normalized spacial score (nSPS) is 20.7. The summed E-state index contributed by atoms with van der Waals surface area (Å²) in [6.45, 7) is 12.5. The molecule has 1 amide bonds. The Morgan fingerprint density at radius 2 is 1.67 bits per heavy atom. The fourth-order valence-corrected chi connectivity index (χ4v) is 9.41. The zero-order chi connectivity index (χ0) is 27.9. The number of aryl methyl sites for hydroxylation is 4. The van der Waals surface area contributed by atoms with E-state index in [1.165, 1.54) is 21.6 Å². The van der Waals surface area contributed by atoms with Gasteiger partial charge in [0.15, 0.2) is 0 Å². The Hall–Kier alpha value is -2.52. The molecule has 0 N–H and O–H groups in total. The van der Waals surface area contributed by atoms with Crippen molar-refractivity contribution in [3.05, 3.63) is 86.1 Å². The lowest BCUT2D eigenvalue weighted by molar-refractivity contribution is -0.133. The maximum Gasteiger partial charge on any atom is 0.243 e. The summed E-state index contributed by atoms with van der Waals surface area (Å²) in [6.07, 6.45) is 1.44. The van der Waals surface area contributed by atoms with Crippen LogP contribution in [0.2, 0.25) is 0 Å². The first-order valence-corrected chi connectivity index (χ1v) is 16.1. The van der Waals surface area contributed by atoms with Crippen molar-refractivity contribution in [2.45, 2.75) is 64.4 Å².